The molecule has 0 saturated heterocycles. The summed E-state index contributed by atoms with van der Waals surface area (Å²) in [5.41, 5.74) is 3.13. The number of nitrogens with zero attached hydrogens (tertiary/aromatic N) is 2. The van der Waals surface area contributed by atoms with Gasteiger partial charge in [-0.1, -0.05) is 6.92 Å². The molecule has 2 aromatic rings. The number of aromatic nitrogens is 2. The van der Waals surface area contributed by atoms with Gasteiger partial charge in [0.2, 0.25) is 0 Å². The molecule has 0 spiro atoms. The van der Waals surface area contributed by atoms with Crippen LogP contribution in [0.4, 0.5) is 5.82 Å². The van der Waals surface area contributed by atoms with E-state index in [1.807, 2.05) is 38.2 Å². The summed E-state index contributed by atoms with van der Waals surface area (Å²) < 4.78 is 5.20. The Kier molecular flexibility index (Phi) is 4.56. The third-order valence-corrected chi connectivity index (χ3v) is 3.27. The quantitative estimate of drug-likeness (QED) is 0.904. The van der Waals surface area contributed by atoms with E-state index in [1.54, 1.807) is 7.11 Å². The van der Waals surface area contributed by atoms with Crippen LogP contribution in [-0.4, -0.2) is 24.1 Å². The molecule has 1 aromatic carbocycles. The Bertz CT molecular complexity index is 579. The molecule has 4 nitrogen and oxygen atoms in total. The molecular formula is C16H21N3O. The summed E-state index contributed by atoms with van der Waals surface area (Å²) in [4.78, 5) is 9.26. The van der Waals surface area contributed by atoms with Crippen molar-refractivity contribution >= 4 is 5.82 Å². The molecule has 20 heavy (non-hydrogen) atoms. The summed E-state index contributed by atoms with van der Waals surface area (Å²) in [5.74, 6) is 2.63. The van der Waals surface area contributed by atoms with E-state index in [4.69, 9.17) is 9.72 Å². The Hall–Kier alpha value is -2.10. The van der Waals surface area contributed by atoms with Gasteiger partial charge in [0.25, 0.3) is 0 Å². The van der Waals surface area contributed by atoms with Crippen molar-refractivity contribution in [2.45, 2.75) is 26.7 Å². The molecule has 4 heteroatoms. The highest BCUT2D eigenvalue weighted by Gasteiger charge is 2.11. The molecule has 0 aliphatic carbocycles. The van der Waals surface area contributed by atoms with Gasteiger partial charge in [0.1, 0.15) is 17.4 Å². The first-order chi connectivity index (χ1) is 9.69. The van der Waals surface area contributed by atoms with Crippen LogP contribution in [0.5, 0.6) is 5.75 Å². The van der Waals surface area contributed by atoms with E-state index in [9.17, 15) is 0 Å². The van der Waals surface area contributed by atoms with Crippen molar-refractivity contribution in [3.8, 4) is 17.0 Å². The predicted octanol–water partition coefficient (Wildman–Crippen LogP) is 3.45. The van der Waals surface area contributed by atoms with Gasteiger partial charge in [0, 0.05) is 24.6 Å². The minimum atomic E-state index is 0.850. The Labute approximate surface area is 120 Å². The van der Waals surface area contributed by atoms with Gasteiger partial charge in [0.05, 0.1) is 12.8 Å². The number of rotatable bonds is 5. The molecule has 0 saturated carbocycles. The standard InChI is InChI=1S/C16H21N3O/c1-5-6-14-18-15(11(2)16(17-3)19-14)12-7-9-13(20-4)10-8-12/h7-10H,5-6H2,1-4H3,(H,17,18,19). The first-order valence-corrected chi connectivity index (χ1v) is 6.89. The zero-order chi connectivity index (χ0) is 14.5. The van der Waals surface area contributed by atoms with Crippen molar-refractivity contribution in [3.05, 3.63) is 35.7 Å². The van der Waals surface area contributed by atoms with Crippen LogP contribution < -0.4 is 10.1 Å². The van der Waals surface area contributed by atoms with E-state index in [0.29, 0.717) is 0 Å². The third kappa shape index (κ3) is 2.90. The Morgan fingerprint density at radius 3 is 2.40 bits per heavy atom. The minimum absolute atomic E-state index is 0.850. The Morgan fingerprint density at radius 2 is 1.85 bits per heavy atom. The highest BCUT2D eigenvalue weighted by atomic mass is 16.5. The summed E-state index contributed by atoms with van der Waals surface area (Å²) in [6.45, 7) is 4.18. The molecule has 1 heterocycles. The van der Waals surface area contributed by atoms with Crippen molar-refractivity contribution in [1.29, 1.82) is 0 Å². The SMILES string of the molecule is CCCc1nc(NC)c(C)c(-c2ccc(OC)cc2)n1. The summed E-state index contributed by atoms with van der Waals surface area (Å²) >= 11 is 0. The molecule has 0 unspecified atom stereocenters. The van der Waals surface area contributed by atoms with Gasteiger partial charge >= 0.3 is 0 Å². The second-order valence-electron chi connectivity index (χ2n) is 4.69. The number of hydrogen-bond acceptors (Lipinski definition) is 4. The number of nitrogens with one attached hydrogen (secondary N) is 1. The number of methoxy groups -OCH3 is 1. The summed E-state index contributed by atoms with van der Waals surface area (Å²) in [5, 5.41) is 3.15. The zero-order valence-corrected chi connectivity index (χ0v) is 12.5. The molecule has 106 valence electrons. The summed E-state index contributed by atoms with van der Waals surface area (Å²) in [7, 11) is 3.56. The number of ether oxygens (including phenoxy) is 1. The molecule has 1 N–H and O–H groups in total. The van der Waals surface area contributed by atoms with Crippen molar-refractivity contribution in [1.82, 2.24) is 9.97 Å². The Morgan fingerprint density at radius 1 is 1.15 bits per heavy atom. The molecule has 0 amide bonds. The summed E-state index contributed by atoms with van der Waals surface area (Å²) in [6.07, 6.45) is 1.92. The molecule has 2 rings (SSSR count). The van der Waals surface area contributed by atoms with Crippen LogP contribution in [0, 0.1) is 6.92 Å². The van der Waals surface area contributed by atoms with Gasteiger partial charge in [0.15, 0.2) is 0 Å². The Balaban J connectivity index is 2.49. The molecular weight excluding hydrogens is 250 g/mol. The topological polar surface area (TPSA) is 47.0 Å². The molecule has 0 radical (unpaired) electrons. The predicted molar refractivity (Wildman–Crippen MR) is 82.3 cm³/mol. The van der Waals surface area contributed by atoms with Crippen LogP contribution in [0.2, 0.25) is 0 Å². The van der Waals surface area contributed by atoms with E-state index in [2.05, 4.69) is 17.2 Å². The average Bonchev–Trinajstić information content (AvgIpc) is 2.49. The number of aryl methyl sites for hydroxylation is 1. The molecule has 0 fully saturated rings. The molecule has 0 atom stereocenters. The second kappa shape index (κ2) is 6.37. The van der Waals surface area contributed by atoms with Crippen LogP contribution in [-0.2, 0) is 6.42 Å². The second-order valence-corrected chi connectivity index (χ2v) is 4.69. The maximum Gasteiger partial charge on any atom is 0.132 e. The largest absolute Gasteiger partial charge is 0.497 e. The van der Waals surface area contributed by atoms with Gasteiger partial charge in [-0.25, -0.2) is 9.97 Å². The highest BCUT2D eigenvalue weighted by Crippen LogP contribution is 2.27. The maximum atomic E-state index is 5.20. The average molecular weight is 271 g/mol. The van der Waals surface area contributed by atoms with Crippen LogP contribution in [0.25, 0.3) is 11.3 Å². The first kappa shape index (κ1) is 14.3. The molecule has 0 aliphatic rings. The molecule has 1 aromatic heterocycles. The van der Waals surface area contributed by atoms with E-state index < -0.39 is 0 Å². The van der Waals surface area contributed by atoms with E-state index in [-0.39, 0.29) is 0 Å². The van der Waals surface area contributed by atoms with E-state index in [0.717, 1.165) is 47.1 Å². The van der Waals surface area contributed by atoms with Crippen LogP contribution in [0.3, 0.4) is 0 Å². The number of benzene rings is 1. The van der Waals surface area contributed by atoms with Crippen LogP contribution in [0.15, 0.2) is 24.3 Å². The van der Waals surface area contributed by atoms with Gasteiger partial charge < -0.3 is 10.1 Å². The van der Waals surface area contributed by atoms with Crippen molar-refractivity contribution in [3.63, 3.8) is 0 Å². The van der Waals surface area contributed by atoms with Gasteiger partial charge in [-0.3, -0.25) is 0 Å². The fraction of sp³-hybridized carbons (Fsp3) is 0.375. The van der Waals surface area contributed by atoms with Crippen LogP contribution >= 0.6 is 0 Å². The van der Waals surface area contributed by atoms with E-state index >= 15 is 0 Å². The fourth-order valence-corrected chi connectivity index (χ4v) is 2.17. The van der Waals surface area contributed by atoms with Crippen molar-refractivity contribution in [2.24, 2.45) is 0 Å². The normalized spacial score (nSPS) is 10.4. The lowest BCUT2D eigenvalue weighted by atomic mass is 10.1. The monoisotopic (exact) mass is 271 g/mol. The fourth-order valence-electron chi connectivity index (χ4n) is 2.17. The van der Waals surface area contributed by atoms with Gasteiger partial charge in [-0.05, 0) is 37.6 Å². The van der Waals surface area contributed by atoms with Crippen molar-refractivity contribution < 1.29 is 4.74 Å². The van der Waals surface area contributed by atoms with Crippen molar-refractivity contribution in [2.75, 3.05) is 19.5 Å². The molecule has 0 bridgehead atoms. The van der Waals surface area contributed by atoms with Crippen LogP contribution in [0.1, 0.15) is 24.7 Å². The zero-order valence-electron chi connectivity index (χ0n) is 12.5. The highest BCUT2D eigenvalue weighted by molar-refractivity contribution is 5.68. The smallest absolute Gasteiger partial charge is 0.132 e. The number of hydrogen-bond donors (Lipinski definition) is 1. The van der Waals surface area contributed by atoms with E-state index in [1.165, 1.54) is 0 Å². The third-order valence-electron chi connectivity index (χ3n) is 3.27. The van der Waals surface area contributed by atoms with Gasteiger partial charge in [-0.15, -0.1) is 0 Å². The lowest BCUT2D eigenvalue weighted by Gasteiger charge is -2.12. The minimum Gasteiger partial charge on any atom is -0.497 e. The first-order valence-electron chi connectivity index (χ1n) is 6.89. The lowest BCUT2D eigenvalue weighted by molar-refractivity contribution is 0.415. The number of anilines is 1. The van der Waals surface area contributed by atoms with Gasteiger partial charge in [-0.2, -0.15) is 0 Å². The lowest BCUT2D eigenvalue weighted by Crippen LogP contribution is -2.05. The summed E-state index contributed by atoms with van der Waals surface area (Å²) in [6, 6.07) is 7.97. The maximum absolute atomic E-state index is 5.20. The molecule has 0 aliphatic heterocycles.